The standard InChI is InChI=1S/C12H14O2/c1-8(2)10-6-5-7-11(14-13)12(10)9(3)4/h5-7,13H,1,3H2,2,4H3. The van der Waals surface area contributed by atoms with Crippen molar-refractivity contribution in [3.05, 3.63) is 42.5 Å². The maximum atomic E-state index is 8.70. The second-order valence-electron chi connectivity index (χ2n) is 3.33. The highest BCUT2D eigenvalue weighted by molar-refractivity contribution is 5.80. The predicted molar refractivity (Wildman–Crippen MR) is 59.1 cm³/mol. The average Bonchev–Trinajstić information content (AvgIpc) is 2.16. The van der Waals surface area contributed by atoms with E-state index in [1.807, 2.05) is 26.0 Å². The lowest BCUT2D eigenvalue weighted by atomic mass is 9.96. The van der Waals surface area contributed by atoms with Gasteiger partial charge in [-0.2, -0.15) is 0 Å². The second kappa shape index (κ2) is 4.11. The number of hydrogen-bond donors (Lipinski definition) is 1. The molecule has 1 aromatic carbocycles. The van der Waals surface area contributed by atoms with E-state index in [0.717, 1.165) is 22.3 Å². The molecule has 0 aliphatic carbocycles. The Labute approximate surface area is 84.1 Å². The van der Waals surface area contributed by atoms with Crippen LogP contribution in [0.4, 0.5) is 0 Å². The van der Waals surface area contributed by atoms with E-state index in [0.29, 0.717) is 5.75 Å². The third kappa shape index (κ3) is 1.86. The molecule has 0 fully saturated rings. The zero-order valence-electron chi connectivity index (χ0n) is 8.50. The third-order valence-electron chi connectivity index (χ3n) is 2.01. The summed E-state index contributed by atoms with van der Waals surface area (Å²) in [5.74, 6) is 0.415. The van der Waals surface area contributed by atoms with Gasteiger partial charge in [0, 0.05) is 5.56 Å². The van der Waals surface area contributed by atoms with Gasteiger partial charge in [-0.25, -0.2) is 5.26 Å². The Hall–Kier alpha value is -1.54. The van der Waals surface area contributed by atoms with Crippen LogP contribution in [0.2, 0.25) is 0 Å². The van der Waals surface area contributed by atoms with Crippen LogP contribution in [0.15, 0.2) is 31.4 Å². The first kappa shape index (κ1) is 10.5. The van der Waals surface area contributed by atoms with Crippen molar-refractivity contribution in [1.29, 1.82) is 0 Å². The van der Waals surface area contributed by atoms with Gasteiger partial charge < -0.3 is 4.89 Å². The highest BCUT2D eigenvalue weighted by Crippen LogP contribution is 2.31. The molecule has 1 rings (SSSR count). The maximum Gasteiger partial charge on any atom is 0.173 e. The van der Waals surface area contributed by atoms with Crippen LogP contribution in [0.5, 0.6) is 5.75 Å². The zero-order valence-corrected chi connectivity index (χ0v) is 8.50. The van der Waals surface area contributed by atoms with Gasteiger partial charge in [-0.3, -0.25) is 0 Å². The van der Waals surface area contributed by atoms with Crippen LogP contribution in [0.25, 0.3) is 11.1 Å². The van der Waals surface area contributed by atoms with E-state index < -0.39 is 0 Å². The largest absolute Gasteiger partial charge is 0.340 e. The SMILES string of the molecule is C=C(C)c1cccc(OO)c1C(=C)C. The van der Waals surface area contributed by atoms with Crippen LogP contribution in [-0.4, -0.2) is 5.26 Å². The Morgan fingerprint density at radius 1 is 1.21 bits per heavy atom. The van der Waals surface area contributed by atoms with E-state index >= 15 is 0 Å². The average molecular weight is 190 g/mol. The second-order valence-corrected chi connectivity index (χ2v) is 3.33. The quantitative estimate of drug-likeness (QED) is 0.582. The van der Waals surface area contributed by atoms with Crippen molar-refractivity contribution in [2.45, 2.75) is 13.8 Å². The van der Waals surface area contributed by atoms with Gasteiger partial charge in [0.1, 0.15) is 0 Å². The molecule has 2 nitrogen and oxygen atoms in total. The molecular formula is C12H14O2. The minimum absolute atomic E-state index is 0.415. The summed E-state index contributed by atoms with van der Waals surface area (Å²) in [4.78, 5) is 4.30. The van der Waals surface area contributed by atoms with Crippen molar-refractivity contribution < 1.29 is 10.1 Å². The van der Waals surface area contributed by atoms with Gasteiger partial charge in [0.05, 0.1) is 0 Å². The Balaban J connectivity index is 3.43. The van der Waals surface area contributed by atoms with E-state index in [1.165, 1.54) is 0 Å². The van der Waals surface area contributed by atoms with Gasteiger partial charge >= 0.3 is 0 Å². The molecule has 0 spiro atoms. The van der Waals surface area contributed by atoms with Gasteiger partial charge in [0.2, 0.25) is 0 Å². The first-order valence-corrected chi connectivity index (χ1v) is 4.34. The fourth-order valence-corrected chi connectivity index (χ4v) is 1.40. The molecule has 0 saturated carbocycles. The van der Waals surface area contributed by atoms with Crippen LogP contribution in [0, 0.1) is 0 Å². The summed E-state index contributed by atoms with van der Waals surface area (Å²) in [5.41, 5.74) is 3.51. The molecule has 2 heteroatoms. The predicted octanol–water partition coefficient (Wildman–Crippen LogP) is 3.60. The van der Waals surface area contributed by atoms with Gasteiger partial charge in [0.15, 0.2) is 5.75 Å². The Morgan fingerprint density at radius 2 is 1.86 bits per heavy atom. The molecule has 0 aliphatic heterocycles. The topological polar surface area (TPSA) is 29.5 Å². The summed E-state index contributed by atoms with van der Waals surface area (Å²) >= 11 is 0. The molecule has 1 aromatic rings. The van der Waals surface area contributed by atoms with Crippen molar-refractivity contribution in [2.24, 2.45) is 0 Å². The summed E-state index contributed by atoms with van der Waals surface area (Å²) in [6.45, 7) is 11.5. The smallest absolute Gasteiger partial charge is 0.173 e. The monoisotopic (exact) mass is 190 g/mol. The molecular weight excluding hydrogens is 176 g/mol. The lowest BCUT2D eigenvalue weighted by Crippen LogP contribution is -1.94. The molecule has 0 aliphatic rings. The highest BCUT2D eigenvalue weighted by atomic mass is 17.1. The molecule has 0 unspecified atom stereocenters. The van der Waals surface area contributed by atoms with Gasteiger partial charge in [-0.05, 0) is 31.1 Å². The van der Waals surface area contributed by atoms with Gasteiger partial charge in [-0.15, -0.1) is 0 Å². The Kier molecular flexibility index (Phi) is 3.10. The Morgan fingerprint density at radius 3 is 2.29 bits per heavy atom. The van der Waals surface area contributed by atoms with Crippen molar-refractivity contribution in [3.63, 3.8) is 0 Å². The van der Waals surface area contributed by atoms with Crippen LogP contribution in [0.1, 0.15) is 25.0 Å². The molecule has 0 atom stereocenters. The maximum absolute atomic E-state index is 8.70. The van der Waals surface area contributed by atoms with Crippen molar-refractivity contribution >= 4 is 11.1 Å². The van der Waals surface area contributed by atoms with Crippen LogP contribution >= 0.6 is 0 Å². The van der Waals surface area contributed by atoms with Crippen molar-refractivity contribution in [2.75, 3.05) is 0 Å². The van der Waals surface area contributed by atoms with Gasteiger partial charge in [0.25, 0.3) is 0 Å². The van der Waals surface area contributed by atoms with E-state index in [-0.39, 0.29) is 0 Å². The summed E-state index contributed by atoms with van der Waals surface area (Å²) in [5, 5.41) is 8.70. The fraction of sp³-hybridized carbons (Fsp3) is 0.167. The summed E-state index contributed by atoms with van der Waals surface area (Å²) < 4.78 is 0. The third-order valence-corrected chi connectivity index (χ3v) is 2.01. The molecule has 0 aromatic heterocycles. The first-order valence-electron chi connectivity index (χ1n) is 4.34. The lowest BCUT2D eigenvalue weighted by Gasteiger charge is -2.11. The Bertz CT molecular complexity index is 378. The molecule has 0 bridgehead atoms. The number of hydrogen-bond acceptors (Lipinski definition) is 2. The normalized spacial score (nSPS) is 9.64. The van der Waals surface area contributed by atoms with Crippen molar-refractivity contribution in [1.82, 2.24) is 0 Å². The minimum Gasteiger partial charge on any atom is -0.340 e. The van der Waals surface area contributed by atoms with Gasteiger partial charge in [-0.1, -0.05) is 30.9 Å². The van der Waals surface area contributed by atoms with E-state index in [4.69, 9.17) is 5.26 Å². The van der Waals surface area contributed by atoms with Crippen LogP contribution < -0.4 is 4.89 Å². The van der Waals surface area contributed by atoms with Crippen molar-refractivity contribution in [3.8, 4) is 5.75 Å². The summed E-state index contributed by atoms with van der Waals surface area (Å²) in [7, 11) is 0. The molecule has 0 heterocycles. The number of allylic oxidation sites excluding steroid dienone is 2. The van der Waals surface area contributed by atoms with E-state index in [9.17, 15) is 0 Å². The number of rotatable bonds is 3. The zero-order chi connectivity index (χ0) is 10.7. The summed E-state index contributed by atoms with van der Waals surface area (Å²) in [6, 6.07) is 5.42. The molecule has 0 radical (unpaired) electrons. The fourth-order valence-electron chi connectivity index (χ4n) is 1.40. The lowest BCUT2D eigenvalue weighted by molar-refractivity contribution is -0.137. The van der Waals surface area contributed by atoms with E-state index in [2.05, 4.69) is 18.0 Å². The van der Waals surface area contributed by atoms with Crippen LogP contribution in [-0.2, 0) is 0 Å². The molecule has 74 valence electrons. The minimum atomic E-state index is 0.415. The molecule has 14 heavy (non-hydrogen) atoms. The van der Waals surface area contributed by atoms with E-state index in [1.54, 1.807) is 6.07 Å². The summed E-state index contributed by atoms with van der Waals surface area (Å²) in [6.07, 6.45) is 0. The molecule has 0 saturated heterocycles. The first-order chi connectivity index (χ1) is 6.57. The highest BCUT2D eigenvalue weighted by Gasteiger charge is 2.10. The van der Waals surface area contributed by atoms with Crippen LogP contribution in [0.3, 0.4) is 0 Å². The molecule has 0 amide bonds. The molecule has 1 N–H and O–H groups in total. The number of benzene rings is 1.